The number of allylic oxidation sites excluding steroid dienone is 3. The van der Waals surface area contributed by atoms with Gasteiger partial charge in [-0.25, -0.2) is 9.97 Å². The van der Waals surface area contributed by atoms with E-state index in [1.165, 1.54) is 0 Å². The van der Waals surface area contributed by atoms with Crippen molar-refractivity contribution in [1.82, 2.24) is 29.6 Å². The maximum absolute atomic E-state index is 12.1. The molecule has 0 N–H and O–H groups in total. The fraction of sp³-hybridized carbons (Fsp3) is 0.100. The molecule has 11 rings (SSSR count). The molecule has 0 saturated carbocycles. The van der Waals surface area contributed by atoms with Crippen molar-refractivity contribution < 1.29 is 0 Å². The quantitative estimate of drug-likeness (QED) is 0.0985. The first-order valence-corrected chi connectivity index (χ1v) is 25.7. The van der Waals surface area contributed by atoms with E-state index in [4.69, 9.17) is 66.3 Å². The molecule has 0 bridgehead atoms. The van der Waals surface area contributed by atoms with Crippen molar-refractivity contribution in [3.8, 4) is 12.1 Å². The first-order chi connectivity index (χ1) is 36.1. The molecule has 74 heavy (non-hydrogen) atoms. The fourth-order valence-corrected chi connectivity index (χ4v) is 11.6. The molecular weight excluding hydrogens is 996 g/mol. The number of hydrogen-bond acceptors (Lipinski definition) is 8. The van der Waals surface area contributed by atoms with Crippen molar-refractivity contribution in [2.75, 3.05) is 0 Å². The monoisotopic (exact) mass is 1040 g/mol. The summed E-state index contributed by atoms with van der Waals surface area (Å²) in [6.07, 6.45) is 3.29. The van der Waals surface area contributed by atoms with E-state index in [9.17, 15) is 10.5 Å². The van der Waals surface area contributed by atoms with Crippen molar-refractivity contribution in [3.63, 3.8) is 0 Å². The van der Waals surface area contributed by atoms with Crippen molar-refractivity contribution >= 4 is 121 Å². The van der Waals surface area contributed by atoms with Gasteiger partial charge in [-0.3, -0.25) is 9.97 Å². The molecule has 1 fully saturated rings. The Morgan fingerprint density at radius 1 is 0.541 bits per heavy atom. The first-order valence-electron chi connectivity index (χ1n) is 24.2. The number of rotatable bonds is 10. The topological polar surface area (TPSA) is 106 Å². The molecule has 2 atom stereocenters. The summed E-state index contributed by atoms with van der Waals surface area (Å²) < 4.78 is 0. The van der Waals surface area contributed by atoms with Crippen LogP contribution in [0.3, 0.4) is 0 Å². The van der Waals surface area contributed by atoms with E-state index in [0.29, 0.717) is 76.1 Å². The molecule has 0 spiro atoms. The molecule has 4 heterocycles. The minimum atomic E-state index is -0.588. The SMILES string of the molecule is Cc1ccccc1C1=C2/C(=C(\C#N)c3cnc4cc(Cl)c(Cl)cc4n3)N(B(c3ccccc3)c3ccccc3)C(C(C)C)C2/C(=C(\C#N)c2cnc3cc(Cl)c(Cl)cc3n2)N1B(c1ccccc1)c1ccccc1. The Labute approximate surface area is 450 Å². The lowest BCUT2D eigenvalue weighted by Gasteiger charge is -2.42. The number of nitriles is 2. The van der Waals surface area contributed by atoms with Gasteiger partial charge >= 0.3 is 13.7 Å². The minimum Gasteiger partial charge on any atom is -0.401 e. The summed E-state index contributed by atoms with van der Waals surface area (Å²) in [6, 6.07) is 61.5. The molecule has 2 aliphatic rings. The van der Waals surface area contributed by atoms with Gasteiger partial charge in [-0.15, -0.1) is 0 Å². The van der Waals surface area contributed by atoms with E-state index >= 15 is 0 Å². The Morgan fingerprint density at radius 3 is 1.38 bits per heavy atom. The summed E-state index contributed by atoms with van der Waals surface area (Å²) >= 11 is 26.4. The molecule has 0 aliphatic carbocycles. The zero-order chi connectivity index (χ0) is 51.2. The van der Waals surface area contributed by atoms with Gasteiger partial charge in [-0.05, 0) is 42.7 Å². The second-order valence-corrected chi connectivity index (χ2v) is 20.4. The van der Waals surface area contributed by atoms with E-state index in [2.05, 4.69) is 103 Å². The Balaban J connectivity index is 1.36. The van der Waals surface area contributed by atoms with E-state index in [1.807, 2.05) is 84.9 Å². The number of aryl methyl sites for hydroxylation is 1. The van der Waals surface area contributed by atoms with E-state index < -0.39 is 25.7 Å². The third-order valence-electron chi connectivity index (χ3n) is 14.0. The van der Waals surface area contributed by atoms with Crippen molar-refractivity contribution in [3.05, 3.63) is 242 Å². The van der Waals surface area contributed by atoms with E-state index in [1.54, 1.807) is 36.7 Å². The maximum Gasteiger partial charge on any atom is 0.327 e. The molecule has 0 amide bonds. The van der Waals surface area contributed by atoms with Crippen LogP contribution in [0.5, 0.6) is 0 Å². The molecule has 2 aromatic heterocycles. The number of nitrogens with zero attached hydrogens (tertiary/aromatic N) is 8. The van der Waals surface area contributed by atoms with Gasteiger partial charge in [-0.1, -0.05) is 228 Å². The standard InChI is InChI=1S/C60H42B2Cl4N8/c1-36(2)57-55-56(60(44(33-68)54-35-70-50-29-46(64)48(66)31-52(50)72-54)73(57)61(38-19-8-4-9-20-38)39-21-10-5-11-22-39)58(42-27-17-16-18-37(42)3)74(62(40-23-12-6-13-24-40)41-25-14-7-15-26-41)59(55)43(32-67)53-34-69-49-28-45(63)47(65)30-51(49)71-53/h4-31,34-36,55,57H,1-3H3/b59-43-,60-44-. The van der Waals surface area contributed by atoms with Crippen LogP contribution in [-0.2, 0) is 0 Å². The fourth-order valence-electron chi connectivity index (χ4n) is 10.9. The molecule has 8 nitrogen and oxygen atoms in total. The highest BCUT2D eigenvalue weighted by Gasteiger charge is 2.58. The molecule has 356 valence electrons. The number of aromatic nitrogens is 4. The molecule has 2 aliphatic heterocycles. The minimum absolute atomic E-state index is 0.116. The van der Waals surface area contributed by atoms with Crippen molar-refractivity contribution in [2.45, 2.75) is 26.8 Å². The average Bonchev–Trinajstić information content (AvgIpc) is 3.92. The summed E-state index contributed by atoms with van der Waals surface area (Å²) in [4.78, 5) is 24.9. The van der Waals surface area contributed by atoms with Crippen LogP contribution in [0.2, 0.25) is 20.1 Å². The number of benzene rings is 7. The zero-order valence-electron chi connectivity index (χ0n) is 40.3. The third kappa shape index (κ3) is 8.58. The van der Waals surface area contributed by atoms with Gasteiger partial charge in [0.05, 0.1) is 65.8 Å². The predicted molar refractivity (Wildman–Crippen MR) is 304 cm³/mol. The van der Waals surface area contributed by atoms with Gasteiger partial charge in [0.15, 0.2) is 0 Å². The largest absolute Gasteiger partial charge is 0.401 e. The third-order valence-corrected chi connectivity index (χ3v) is 15.5. The summed E-state index contributed by atoms with van der Waals surface area (Å²) in [5.41, 5.74) is 12.3. The van der Waals surface area contributed by atoms with E-state index in [0.717, 1.165) is 44.2 Å². The summed E-state index contributed by atoms with van der Waals surface area (Å²) in [5, 5.41) is 25.5. The highest BCUT2D eigenvalue weighted by molar-refractivity contribution is 6.85. The smallest absolute Gasteiger partial charge is 0.327 e. The zero-order valence-corrected chi connectivity index (χ0v) is 43.3. The van der Waals surface area contributed by atoms with Gasteiger partial charge in [0.2, 0.25) is 0 Å². The lowest BCUT2D eigenvalue weighted by atomic mass is 9.47. The Hall–Kier alpha value is -7.69. The van der Waals surface area contributed by atoms with Gasteiger partial charge in [0.25, 0.3) is 0 Å². The summed E-state index contributed by atoms with van der Waals surface area (Å²) in [5.74, 6) is -0.704. The molecule has 9 aromatic rings. The normalized spacial score (nSPS) is 16.6. The van der Waals surface area contributed by atoms with Crippen molar-refractivity contribution in [2.24, 2.45) is 11.8 Å². The van der Waals surface area contributed by atoms with Crippen molar-refractivity contribution in [1.29, 1.82) is 10.5 Å². The number of hydrogen-bond donors (Lipinski definition) is 0. The van der Waals surface area contributed by atoms with Crippen LogP contribution in [0.1, 0.15) is 36.4 Å². The first kappa shape index (κ1) is 48.6. The number of fused-ring (bicyclic) bond motifs is 3. The molecule has 14 heteroatoms. The maximum atomic E-state index is 12.1. The van der Waals surface area contributed by atoms with Crippen LogP contribution in [0, 0.1) is 41.4 Å². The second kappa shape index (κ2) is 20.3. The van der Waals surface area contributed by atoms with Gasteiger partial charge in [0, 0.05) is 34.5 Å². The van der Waals surface area contributed by atoms with Gasteiger partial charge in [-0.2, -0.15) is 10.5 Å². The predicted octanol–water partition coefficient (Wildman–Crippen LogP) is 12.0. The summed E-state index contributed by atoms with van der Waals surface area (Å²) in [7, 11) is 0. The van der Waals surface area contributed by atoms with Crippen LogP contribution in [0.15, 0.2) is 199 Å². The van der Waals surface area contributed by atoms with Gasteiger partial charge < -0.3 is 9.62 Å². The van der Waals surface area contributed by atoms with E-state index in [-0.39, 0.29) is 5.92 Å². The summed E-state index contributed by atoms with van der Waals surface area (Å²) in [6.45, 7) is 5.57. The van der Waals surface area contributed by atoms with Crippen LogP contribution in [0.4, 0.5) is 0 Å². The second-order valence-electron chi connectivity index (χ2n) is 18.7. The van der Waals surface area contributed by atoms with Crippen LogP contribution < -0.4 is 21.9 Å². The molecular formula is C60H42B2Cl4N8. The lowest BCUT2D eigenvalue weighted by Crippen LogP contribution is -2.60. The van der Waals surface area contributed by atoms with Crippen LogP contribution >= 0.6 is 46.4 Å². The Morgan fingerprint density at radius 2 is 0.946 bits per heavy atom. The Kier molecular flexibility index (Phi) is 13.3. The molecule has 0 radical (unpaired) electrons. The number of halogens is 4. The van der Waals surface area contributed by atoms with Crippen LogP contribution in [-0.4, -0.2) is 49.3 Å². The molecule has 1 saturated heterocycles. The van der Waals surface area contributed by atoms with Gasteiger partial charge in [0.1, 0.15) is 29.1 Å². The average molecular weight is 1040 g/mol. The Bertz CT molecular complexity index is 3760. The van der Waals surface area contributed by atoms with Crippen LogP contribution in [0.25, 0.3) is 38.9 Å². The molecule has 2 unspecified atom stereocenters. The molecule has 7 aromatic carbocycles. The highest BCUT2D eigenvalue weighted by atomic mass is 35.5. The lowest BCUT2D eigenvalue weighted by molar-refractivity contribution is 0.300. The highest BCUT2D eigenvalue weighted by Crippen LogP contribution is 2.58.